The molecule has 0 aliphatic carbocycles. The van der Waals surface area contributed by atoms with Crippen LogP contribution in [0.1, 0.15) is 6.92 Å². The maximum atomic E-state index is 5.51. The Morgan fingerprint density at radius 3 is 2.00 bits per heavy atom. The average molecular weight is 448 g/mol. The molecule has 0 spiro atoms. The fourth-order valence-electron chi connectivity index (χ4n) is 4.18. The lowest BCUT2D eigenvalue weighted by atomic mass is 10.1. The molecule has 0 unspecified atom stereocenters. The second-order valence-corrected chi connectivity index (χ2v) is 8.04. The van der Waals surface area contributed by atoms with Crippen molar-refractivity contribution < 1.29 is 9.47 Å². The first-order chi connectivity index (χ1) is 16.3. The highest BCUT2D eigenvalue weighted by Gasteiger charge is 2.21. The summed E-state index contributed by atoms with van der Waals surface area (Å²) in [4.78, 5) is 15.8. The van der Waals surface area contributed by atoms with Crippen molar-refractivity contribution in [2.24, 2.45) is 0 Å². The molecule has 5 rings (SSSR count). The van der Waals surface area contributed by atoms with Gasteiger partial charge in [0.15, 0.2) is 5.82 Å². The number of hydrogen-bond acceptors (Lipinski definition) is 9. The lowest BCUT2D eigenvalue weighted by Gasteiger charge is -2.36. The largest absolute Gasteiger partial charge is 0.494 e. The lowest BCUT2D eigenvalue weighted by Crippen LogP contribution is -2.47. The van der Waals surface area contributed by atoms with Crippen molar-refractivity contribution in [1.29, 1.82) is 0 Å². The van der Waals surface area contributed by atoms with Crippen LogP contribution in [0, 0.1) is 0 Å². The smallest absolute Gasteiger partial charge is 0.151 e. The van der Waals surface area contributed by atoms with Crippen molar-refractivity contribution in [1.82, 2.24) is 20.2 Å². The van der Waals surface area contributed by atoms with E-state index in [0.717, 1.165) is 86.9 Å². The van der Waals surface area contributed by atoms with Crippen LogP contribution in [0.2, 0.25) is 0 Å². The van der Waals surface area contributed by atoms with E-state index in [9.17, 15) is 0 Å². The van der Waals surface area contributed by atoms with Gasteiger partial charge in [-0.2, -0.15) is 0 Å². The van der Waals surface area contributed by atoms with Crippen molar-refractivity contribution in [3.63, 3.8) is 0 Å². The predicted octanol–water partition coefficient (Wildman–Crippen LogP) is 2.50. The Hall–Kier alpha value is -3.46. The number of morpholine rings is 1. The van der Waals surface area contributed by atoms with Gasteiger partial charge in [0.05, 0.1) is 25.5 Å². The number of rotatable bonds is 6. The number of ether oxygens (including phenoxy) is 2. The molecule has 9 nitrogen and oxygen atoms in total. The predicted molar refractivity (Wildman–Crippen MR) is 128 cm³/mol. The normalized spacial score (nSPS) is 16.7. The van der Waals surface area contributed by atoms with Gasteiger partial charge in [-0.15, -0.1) is 10.2 Å². The van der Waals surface area contributed by atoms with Gasteiger partial charge in [-0.05, 0) is 43.3 Å². The molecule has 9 heteroatoms. The Labute approximate surface area is 194 Å². The van der Waals surface area contributed by atoms with Crippen LogP contribution in [0.3, 0.4) is 0 Å². The molecule has 0 bridgehead atoms. The zero-order valence-corrected chi connectivity index (χ0v) is 18.9. The van der Waals surface area contributed by atoms with E-state index in [4.69, 9.17) is 9.47 Å². The van der Waals surface area contributed by atoms with Crippen LogP contribution < -0.4 is 19.4 Å². The Bertz CT molecular complexity index is 1030. The first kappa shape index (κ1) is 21.4. The molecule has 2 aliphatic heterocycles. The third kappa shape index (κ3) is 4.98. The molecule has 4 heterocycles. The summed E-state index contributed by atoms with van der Waals surface area (Å²) < 4.78 is 11.0. The fourth-order valence-corrected chi connectivity index (χ4v) is 4.18. The zero-order chi connectivity index (χ0) is 22.5. The van der Waals surface area contributed by atoms with Crippen LogP contribution in [0.4, 0.5) is 17.5 Å². The summed E-state index contributed by atoms with van der Waals surface area (Å²) in [6.07, 6.45) is 1.66. The summed E-state index contributed by atoms with van der Waals surface area (Å²) in [5, 5.41) is 8.95. The van der Waals surface area contributed by atoms with E-state index in [1.807, 2.05) is 37.3 Å². The van der Waals surface area contributed by atoms with Crippen LogP contribution >= 0.6 is 0 Å². The highest BCUT2D eigenvalue weighted by molar-refractivity contribution is 5.61. The summed E-state index contributed by atoms with van der Waals surface area (Å²) in [5.74, 6) is 3.72. The second-order valence-electron chi connectivity index (χ2n) is 8.04. The van der Waals surface area contributed by atoms with Gasteiger partial charge in [0.2, 0.25) is 0 Å². The molecule has 2 aliphatic rings. The minimum absolute atomic E-state index is 0.660. The Morgan fingerprint density at radius 1 is 0.758 bits per heavy atom. The van der Waals surface area contributed by atoms with Gasteiger partial charge < -0.3 is 24.2 Å². The second kappa shape index (κ2) is 9.99. The number of anilines is 3. The Morgan fingerprint density at radius 2 is 1.39 bits per heavy atom. The molecule has 1 aromatic carbocycles. The Kier molecular flexibility index (Phi) is 6.48. The van der Waals surface area contributed by atoms with E-state index >= 15 is 0 Å². The van der Waals surface area contributed by atoms with Crippen molar-refractivity contribution in [3.05, 3.63) is 48.8 Å². The Balaban J connectivity index is 1.20. The molecular weight excluding hydrogens is 418 g/mol. The molecule has 2 aromatic heterocycles. The highest BCUT2D eigenvalue weighted by atomic mass is 16.5. The molecule has 0 N–H and O–H groups in total. The first-order valence-corrected chi connectivity index (χ1v) is 11.5. The minimum Gasteiger partial charge on any atom is -0.494 e. The zero-order valence-electron chi connectivity index (χ0n) is 18.9. The fraction of sp³-hybridized carbons (Fsp3) is 0.417. The average Bonchev–Trinajstić information content (AvgIpc) is 2.90. The molecule has 0 saturated carbocycles. The summed E-state index contributed by atoms with van der Waals surface area (Å²) >= 11 is 0. The van der Waals surface area contributed by atoms with Crippen LogP contribution in [-0.2, 0) is 4.74 Å². The van der Waals surface area contributed by atoms with E-state index in [1.54, 1.807) is 6.33 Å². The van der Waals surface area contributed by atoms with Crippen molar-refractivity contribution >= 4 is 17.5 Å². The molecule has 172 valence electrons. The number of piperazine rings is 1. The van der Waals surface area contributed by atoms with E-state index in [0.29, 0.717) is 6.61 Å². The van der Waals surface area contributed by atoms with Crippen LogP contribution in [0.5, 0.6) is 5.75 Å². The monoisotopic (exact) mass is 447 g/mol. The summed E-state index contributed by atoms with van der Waals surface area (Å²) in [6, 6.07) is 14.1. The van der Waals surface area contributed by atoms with E-state index < -0.39 is 0 Å². The third-order valence-corrected chi connectivity index (χ3v) is 6.01. The van der Waals surface area contributed by atoms with Gasteiger partial charge in [-0.3, -0.25) is 0 Å². The number of hydrogen-bond donors (Lipinski definition) is 0. The highest BCUT2D eigenvalue weighted by Crippen LogP contribution is 2.24. The SMILES string of the molecule is CCOc1ccc(-c2ccc(N3CCN(c4cc(N5CCOCC5)ncn4)CC3)nn2)cc1. The minimum atomic E-state index is 0.660. The lowest BCUT2D eigenvalue weighted by molar-refractivity contribution is 0.122. The number of aromatic nitrogens is 4. The van der Waals surface area contributed by atoms with Crippen LogP contribution in [0.15, 0.2) is 48.8 Å². The summed E-state index contributed by atoms with van der Waals surface area (Å²) in [7, 11) is 0. The molecule has 0 radical (unpaired) electrons. The molecular formula is C24H29N7O2. The summed E-state index contributed by atoms with van der Waals surface area (Å²) in [5.41, 5.74) is 1.89. The molecule has 2 fully saturated rings. The molecule has 2 saturated heterocycles. The van der Waals surface area contributed by atoms with Gasteiger partial charge in [0, 0.05) is 50.9 Å². The number of benzene rings is 1. The van der Waals surface area contributed by atoms with Gasteiger partial charge in [0.25, 0.3) is 0 Å². The van der Waals surface area contributed by atoms with Gasteiger partial charge in [-0.1, -0.05) is 0 Å². The van der Waals surface area contributed by atoms with Crippen LogP contribution in [0.25, 0.3) is 11.3 Å². The van der Waals surface area contributed by atoms with Gasteiger partial charge in [0.1, 0.15) is 23.7 Å². The quantitative estimate of drug-likeness (QED) is 0.566. The first-order valence-electron chi connectivity index (χ1n) is 11.5. The maximum absolute atomic E-state index is 5.51. The van der Waals surface area contributed by atoms with E-state index in [1.165, 1.54) is 0 Å². The number of nitrogens with zero attached hydrogens (tertiary/aromatic N) is 7. The molecule has 33 heavy (non-hydrogen) atoms. The van der Waals surface area contributed by atoms with Crippen molar-refractivity contribution in [2.45, 2.75) is 6.92 Å². The molecule has 0 amide bonds. The van der Waals surface area contributed by atoms with Crippen LogP contribution in [-0.4, -0.2) is 79.3 Å². The van der Waals surface area contributed by atoms with E-state index in [-0.39, 0.29) is 0 Å². The van der Waals surface area contributed by atoms with Crippen molar-refractivity contribution in [3.8, 4) is 17.0 Å². The molecule has 0 atom stereocenters. The summed E-state index contributed by atoms with van der Waals surface area (Å²) in [6.45, 7) is 9.37. The standard InChI is InChI=1S/C24H29N7O2/c1-2-33-20-5-3-19(4-6-20)21-7-8-22(28-27-21)29-9-11-30(12-10-29)23-17-24(26-18-25-23)31-13-15-32-16-14-31/h3-8,17-18H,2,9-16H2,1H3. The van der Waals surface area contributed by atoms with Crippen molar-refractivity contribution in [2.75, 3.05) is 73.8 Å². The molecule has 3 aromatic rings. The third-order valence-electron chi connectivity index (χ3n) is 6.01. The van der Waals surface area contributed by atoms with Gasteiger partial charge in [-0.25, -0.2) is 9.97 Å². The van der Waals surface area contributed by atoms with E-state index in [2.05, 4.69) is 47.0 Å². The maximum Gasteiger partial charge on any atom is 0.151 e. The van der Waals surface area contributed by atoms with Gasteiger partial charge >= 0.3 is 0 Å². The topological polar surface area (TPSA) is 79.7 Å².